The third-order valence-electron chi connectivity index (χ3n) is 5.27. The van der Waals surface area contributed by atoms with E-state index in [1.54, 1.807) is 14.0 Å². The van der Waals surface area contributed by atoms with Gasteiger partial charge in [0.15, 0.2) is 0 Å². The van der Waals surface area contributed by atoms with E-state index in [0.29, 0.717) is 23.5 Å². The second-order valence-electron chi connectivity index (χ2n) is 8.30. The molecule has 0 saturated heterocycles. The molecule has 0 radical (unpaired) electrons. The number of nitrogens with one attached hydrogen (secondary N) is 2. The number of aryl methyl sites for hydroxylation is 2. The molecule has 9 heteroatoms. The van der Waals surface area contributed by atoms with E-state index in [2.05, 4.69) is 27.2 Å². The zero-order chi connectivity index (χ0) is 29.0. The molecule has 0 spiro atoms. The lowest BCUT2D eigenvalue weighted by Gasteiger charge is -2.23. The van der Waals surface area contributed by atoms with E-state index in [4.69, 9.17) is 4.79 Å². The molecule has 0 aliphatic rings. The number of rotatable bonds is 9. The average molecular weight is 526 g/mol. The fraction of sp³-hybridized carbons (Fsp3) is 0.310. The molecule has 0 unspecified atom stereocenters. The Bertz CT molecular complexity index is 1230. The third-order valence-corrected chi connectivity index (χ3v) is 5.27. The molecule has 0 fully saturated rings. The van der Waals surface area contributed by atoms with Crippen LogP contribution in [0.1, 0.15) is 50.2 Å². The number of para-hydroxylation sites is 1. The SMILES string of the molecule is C=C(NC(C)C)c1ccc(C)c(-c2nc(C)nc(N(C=O)c3c(F)cccc3F)c2CNC)c1.C=O.CC. The van der Waals surface area contributed by atoms with Crippen molar-refractivity contribution in [3.63, 3.8) is 0 Å². The monoisotopic (exact) mass is 525 g/mol. The summed E-state index contributed by atoms with van der Waals surface area (Å²) in [4.78, 5) is 30.1. The van der Waals surface area contributed by atoms with E-state index in [0.717, 1.165) is 39.4 Å². The van der Waals surface area contributed by atoms with Crippen molar-refractivity contribution in [2.24, 2.45) is 0 Å². The molecule has 0 aliphatic carbocycles. The topological polar surface area (TPSA) is 87.2 Å². The summed E-state index contributed by atoms with van der Waals surface area (Å²) >= 11 is 0. The largest absolute Gasteiger partial charge is 0.383 e. The first-order valence-corrected chi connectivity index (χ1v) is 12.2. The van der Waals surface area contributed by atoms with Gasteiger partial charge in [0, 0.05) is 29.4 Å². The molecule has 3 rings (SSSR count). The van der Waals surface area contributed by atoms with E-state index in [1.807, 2.05) is 59.6 Å². The van der Waals surface area contributed by atoms with E-state index in [9.17, 15) is 13.6 Å². The van der Waals surface area contributed by atoms with E-state index >= 15 is 0 Å². The maximum Gasteiger partial charge on any atom is 0.220 e. The molecule has 0 atom stereocenters. The molecule has 1 amide bonds. The van der Waals surface area contributed by atoms with Crippen LogP contribution < -0.4 is 15.5 Å². The maximum atomic E-state index is 14.6. The van der Waals surface area contributed by atoms with E-state index in [-0.39, 0.29) is 18.4 Å². The zero-order valence-electron chi connectivity index (χ0n) is 23.2. The van der Waals surface area contributed by atoms with Crippen LogP contribution in [0.3, 0.4) is 0 Å². The summed E-state index contributed by atoms with van der Waals surface area (Å²) in [5.41, 5.74) is 4.01. The highest BCUT2D eigenvalue weighted by Crippen LogP contribution is 2.36. The second-order valence-corrected chi connectivity index (χ2v) is 8.30. The Morgan fingerprint density at radius 2 is 1.68 bits per heavy atom. The number of halogens is 2. The Morgan fingerprint density at radius 3 is 2.21 bits per heavy atom. The minimum atomic E-state index is -0.866. The molecule has 1 aromatic heterocycles. The lowest BCUT2D eigenvalue weighted by atomic mass is 9.97. The van der Waals surface area contributed by atoms with Crippen molar-refractivity contribution in [1.82, 2.24) is 20.6 Å². The fourth-order valence-electron chi connectivity index (χ4n) is 3.77. The number of amides is 1. The van der Waals surface area contributed by atoms with Gasteiger partial charge in [-0.05, 0) is 64.1 Å². The summed E-state index contributed by atoms with van der Waals surface area (Å²) in [6.45, 7) is 18.1. The van der Waals surface area contributed by atoms with Gasteiger partial charge in [-0.25, -0.2) is 18.7 Å². The fourth-order valence-corrected chi connectivity index (χ4v) is 3.77. The van der Waals surface area contributed by atoms with Crippen LogP contribution >= 0.6 is 0 Å². The van der Waals surface area contributed by atoms with Gasteiger partial charge in [0.05, 0.1) is 5.69 Å². The highest BCUT2D eigenvalue weighted by atomic mass is 19.1. The molecule has 1 heterocycles. The van der Waals surface area contributed by atoms with Crippen molar-refractivity contribution in [3.05, 3.63) is 77.1 Å². The summed E-state index contributed by atoms with van der Waals surface area (Å²) < 4.78 is 29.2. The number of hydrogen-bond acceptors (Lipinski definition) is 6. The van der Waals surface area contributed by atoms with E-state index in [1.165, 1.54) is 6.07 Å². The number of nitrogens with zero attached hydrogens (tertiary/aromatic N) is 3. The van der Waals surface area contributed by atoms with Gasteiger partial charge in [-0.2, -0.15) is 0 Å². The van der Waals surface area contributed by atoms with Crippen molar-refractivity contribution in [1.29, 1.82) is 0 Å². The predicted octanol–water partition coefficient (Wildman–Crippen LogP) is 5.86. The van der Waals surface area contributed by atoms with Crippen molar-refractivity contribution in [3.8, 4) is 11.3 Å². The van der Waals surface area contributed by atoms with Crippen LogP contribution in [0, 0.1) is 25.5 Å². The average Bonchev–Trinajstić information content (AvgIpc) is 2.89. The lowest BCUT2D eigenvalue weighted by molar-refractivity contribution is -0.107. The van der Waals surface area contributed by atoms with Gasteiger partial charge >= 0.3 is 0 Å². The number of hydrogen-bond donors (Lipinski definition) is 2. The predicted molar refractivity (Wildman–Crippen MR) is 150 cm³/mol. The molecule has 0 saturated carbocycles. The van der Waals surface area contributed by atoms with Crippen molar-refractivity contribution in [2.45, 2.75) is 54.1 Å². The first kappa shape index (κ1) is 32.0. The number of anilines is 2. The molecule has 2 N–H and O–H groups in total. The third kappa shape index (κ3) is 7.52. The van der Waals surface area contributed by atoms with Crippen LogP contribution in [-0.4, -0.2) is 36.3 Å². The number of carbonyl (C=O) groups excluding carboxylic acids is 2. The van der Waals surface area contributed by atoms with Crippen LogP contribution in [0.2, 0.25) is 0 Å². The van der Waals surface area contributed by atoms with Crippen molar-refractivity contribution < 1.29 is 18.4 Å². The summed E-state index contributed by atoms with van der Waals surface area (Å²) in [6, 6.07) is 9.55. The summed E-state index contributed by atoms with van der Waals surface area (Å²) in [7, 11) is 1.74. The number of benzene rings is 2. The Balaban J connectivity index is 0.00000172. The summed E-state index contributed by atoms with van der Waals surface area (Å²) in [5.74, 6) is -1.26. The zero-order valence-corrected chi connectivity index (χ0v) is 23.2. The number of carbonyl (C=O) groups is 2. The standard InChI is InChI=1S/C26H29F2N5O.C2H6.CH2O/c1-15(2)30-17(4)19-11-10-16(3)20(12-19)24-21(13-29-6)26(32-18(5)31-24)33(14-34)25-22(27)8-7-9-23(25)28;2*1-2/h7-12,14-15,29-30H,4,13H2,1-3,5-6H3;1-2H3;1H2. The normalized spacial score (nSPS) is 10.1. The quantitative estimate of drug-likeness (QED) is 0.340. The maximum absolute atomic E-state index is 14.6. The van der Waals surface area contributed by atoms with Gasteiger partial charge in [0.25, 0.3) is 0 Å². The van der Waals surface area contributed by atoms with Crippen LogP contribution in [0.15, 0.2) is 43.0 Å². The lowest BCUT2D eigenvalue weighted by Crippen LogP contribution is -2.23. The van der Waals surface area contributed by atoms with Crippen molar-refractivity contribution >= 4 is 30.4 Å². The Hall–Kier alpha value is -3.98. The van der Waals surface area contributed by atoms with Crippen LogP contribution in [-0.2, 0) is 16.1 Å². The molecule has 204 valence electrons. The van der Waals surface area contributed by atoms with Gasteiger partial charge in [-0.3, -0.25) is 9.69 Å². The Labute approximate surface area is 224 Å². The highest BCUT2D eigenvalue weighted by molar-refractivity contribution is 5.89. The smallest absolute Gasteiger partial charge is 0.220 e. The highest BCUT2D eigenvalue weighted by Gasteiger charge is 2.25. The molecule has 3 aromatic rings. The van der Waals surface area contributed by atoms with Gasteiger partial charge in [0.2, 0.25) is 6.41 Å². The molecule has 0 aliphatic heterocycles. The molecular formula is C29H37F2N5O2. The summed E-state index contributed by atoms with van der Waals surface area (Å²) in [6.07, 6.45) is 0.365. The molecule has 2 aromatic carbocycles. The molecule has 7 nitrogen and oxygen atoms in total. The Kier molecular flexibility index (Phi) is 12.9. The van der Waals surface area contributed by atoms with Gasteiger partial charge in [-0.15, -0.1) is 0 Å². The van der Waals surface area contributed by atoms with Crippen LogP contribution in [0.25, 0.3) is 17.0 Å². The van der Waals surface area contributed by atoms with Crippen molar-refractivity contribution in [2.75, 3.05) is 11.9 Å². The first-order valence-electron chi connectivity index (χ1n) is 12.2. The van der Waals surface area contributed by atoms with Crippen LogP contribution in [0.4, 0.5) is 20.3 Å². The van der Waals surface area contributed by atoms with Gasteiger partial charge < -0.3 is 15.4 Å². The number of aromatic nitrogens is 2. The van der Waals surface area contributed by atoms with Gasteiger partial charge in [0.1, 0.15) is 35.8 Å². The minimum Gasteiger partial charge on any atom is -0.383 e. The minimum absolute atomic E-state index is 0.111. The van der Waals surface area contributed by atoms with Crippen LogP contribution in [0.5, 0.6) is 0 Å². The Morgan fingerprint density at radius 1 is 1.08 bits per heavy atom. The molecule has 38 heavy (non-hydrogen) atoms. The second kappa shape index (κ2) is 15.3. The summed E-state index contributed by atoms with van der Waals surface area (Å²) in [5, 5.41) is 6.36. The first-order chi connectivity index (χ1) is 18.2. The van der Waals surface area contributed by atoms with E-state index < -0.39 is 17.3 Å². The molecule has 0 bridgehead atoms. The molecular weight excluding hydrogens is 488 g/mol. The van der Waals surface area contributed by atoms with Gasteiger partial charge in [-0.1, -0.05) is 38.6 Å².